The first-order chi connectivity index (χ1) is 8.79. The number of hydrogen-bond donors (Lipinski definition) is 1. The molecule has 0 amide bonds. The van der Waals surface area contributed by atoms with Crippen molar-refractivity contribution in [3.63, 3.8) is 0 Å². The molecule has 0 saturated heterocycles. The predicted octanol–water partition coefficient (Wildman–Crippen LogP) is 3.14. The van der Waals surface area contributed by atoms with Crippen LogP contribution in [0.4, 0.5) is 0 Å². The third-order valence-corrected chi connectivity index (χ3v) is 3.83. The third-order valence-electron chi connectivity index (χ3n) is 2.54. The molecule has 0 unspecified atom stereocenters. The fraction of sp³-hybridized carbons (Fsp3) is 0.308. The minimum atomic E-state index is 0.684. The highest BCUT2D eigenvalue weighted by Crippen LogP contribution is 2.21. The topological polar surface area (TPSA) is 34.1 Å². The van der Waals surface area contributed by atoms with Gasteiger partial charge in [-0.2, -0.15) is 0 Å². The van der Waals surface area contributed by atoms with E-state index in [0.717, 1.165) is 29.4 Å². The molecule has 0 radical (unpaired) electrons. The van der Waals surface area contributed by atoms with Crippen LogP contribution in [0.3, 0.4) is 0 Å². The van der Waals surface area contributed by atoms with Crippen molar-refractivity contribution in [2.24, 2.45) is 0 Å². The molecule has 0 aliphatic rings. The van der Waals surface area contributed by atoms with Crippen molar-refractivity contribution in [2.75, 3.05) is 13.7 Å². The number of aromatic nitrogens is 1. The molecule has 0 bridgehead atoms. The van der Waals surface area contributed by atoms with E-state index in [4.69, 9.17) is 16.3 Å². The molecule has 96 valence electrons. The van der Waals surface area contributed by atoms with Crippen molar-refractivity contribution >= 4 is 22.9 Å². The summed E-state index contributed by atoms with van der Waals surface area (Å²) >= 11 is 7.51. The molecule has 3 nitrogen and oxygen atoms in total. The molecule has 0 fully saturated rings. The number of rotatable bonds is 6. The lowest BCUT2D eigenvalue weighted by atomic mass is 10.2. The number of halogens is 1. The van der Waals surface area contributed by atoms with Gasteiger partial charge in [0.2, 0.25) is 5.88 Å². The van der Waals surface area contributed by atoms with Gasteiger partial charge in [0.25, 0.3) is 0 Å². The molecule has 0 spiro atoms. The monoisotopic (exact) mass is 282 g/mol. The number of hydrogen-bond acceptors (Lipinski definition) is 4. The minimum absolute atomic E-state index is 0.684. The average molecular weight is 283 g/mol. The standard InChI is InChI=1S/C13H15ClN2OS/c1-17-13-10(3-2-7-16-13)9-15-8-6-11-4-5-12(14)18-11/h2-5,7,15H,6,8-9H2,1H3. The van der Waals surface area contributed by atoms with E-state index in [1.165, 1.54) is 4.88 Å². The highest BCUT2D eigenvalue weighted by molar-refractivity contribution is 7.16. The van der Waals surface area contributed by atoms with E-state index >= 15 is 0 Å². The van der Waals surface area contributed by atoms with Gasteiger partial charge >= 0.3 is 0 Å². The van der Waals surface area contributed by atoms with E-state index in [9.17, 15) is 0 Å². The van der Waals surface area contributed by atoms with Gasteiger partial charge in [-0.3, -0.25) is 0 Å². The summed E-state index contributed by atoms with van der Waals surface area (Å²) in [6.45, 7) is 1.67. The smallest absolute Gasteiger partial charge is 0.217 e. The zero-order valence-corrected chi connectivity index (χ0v) is 11.7. The first-order valence-corrected chi connectivity index (χ1v) is 6.92. The van der Waals surface area contributed by atoms with Crippen LogP contribution in [0, 0.1) is 0 Å². The van der Waals surface area contributed by atoms with Gasteiger partial charge in [-0.15, -0.1) is 11.3 Å². The van der Waals surface area contributed by atoms with Crippen LogP contribution in [-0.2, 0) is 13.0 Å². The van der Waals surface area contributed by atoms with Gasteiger partial charge in [0.05, 0.1) is 11.4 Å². The SMILES string of the molecule is COc1ncccc1CNCCc1ccc(Cl)s1. The quantitative estimate of drug-likeness (QED) is 0.827. The molecule has 5 heteroatoms. The second-order valence-corrected chi connectivity index (χ2v) is 5.60. The van der Waals surface area contributed by atoms with Crippen LogP contribution in [0.1, 0.15) is 10.4 Å². The summed E-state index contributed by atoms with van der Waals surface area (Å²) in [4.78, 5) is 5.46. The molecule has 0 aliphatic heterocycles. The Balaban J connectivity index is 1.78. The van der Waals surface area contributed by atoms with Crippen molar-refractivity contribution in [2.45, 2.75) is 13.0 Å². The summed E-state index contributed by atoms with van der Waals surface area (Å²) in [6.07, 6.45) is 2.72. The van der Waals surface area contributed by atoms with Gasteiger partial charge in [0, 0.05) is 29.7 Å². The Kier molecular flexibility index (Phi) is 4.99. The van der Waals surface area contributed by atoms with E-state index in [0.29, 0.717) is 5.88 Å². The molecule has 1 N–H and O–H groups in total. The summed E-state index contributed by atoms with van der Waals surface area (Å²) in [5, 5.41) is 3.38. The van der Waals surface area contributed by atoms with Gasteiger partial charge in [0.1, 0.15) is 0 Å². The first kappa shape index (κ1) is 13.3. The summed E-state index contributed by atoms with van der Waals surface area (Å²) in [5.74, 6) is 0.684. The lowest BCUT2D eigenvalue weighted by Crippen LogP contribution is -2.17. The Morgan fingerprint density at radius 1 is 1.39 bits per heavy atom. The fourth-order valence-corrected chi connectivity index (χ4v) is 2.75. The number of methoxy groups -OCH3 is 1. The van der Waals surface area contributed by atoms with Gasteiger partial charge in [-0.25, -0.2) is 4.98 Å². The lowest BCUT2D eigenvalue weighted by Gasteiger charge is -2.07. The number of ether oxygens (including phenoxy) is 1. The van der Waals surface area contributed by atoms with Crippen LogP contribution in [0.25, 0.3) is 0 Å². The van der Waals surface area contributed by atoms with E-state index in [-0.39, 0.29) is 0 Å². The lowest BCUT2D eigenvalue weighted by molar-refractivity contribution is 0.390. The Hall–Kier alpha value is -1.10. The second kappa shape index (κ2) is 6.73. The highest BCUT2D eigenvalue weighted by Gasteiger charge is 2.02. The zero-order valence-electron chi connectivity index (χ0n) is 10.1. The zero-order chi connectivity index (χ0) is 12.8. The van der Waals surface area contributed by atoms with E-state index in [1.807, 2.05) is 18.2 Å². The summed E-state index contributed by atoms with van der Waals surface area (Å²) in [6, 6.07) is 7.93. The number of nitrogens with one attached hydrogen (secondary N) is 1. The molecule has 18 heavy (non-hydrogen) atoms. The third kappa shape index (κ3) is 3.70. The molecule has 2 aromatic heterocycles. The first-order valence-electron chi connectivity index (χ1n) is 5.72. The second-order valence-electron chi connectivity index (χ2n) is 3.80. The molecule has 2 heterocycles. The predicted molar refractivity (Wildman–Crippen MR) is 75.5 cm³/mol. The molecule has 0 aromatic carbocycles. The molecule has 0 saturated carbocycles. The average Bonchev–Trinajstić information content (AvgIpc) is 2.81. The van der Waals surface area contributed by atoms with Gasteiger partial charge in [-0.05, 0) is 24.6 Å². The van der Waals surface area contributed by atoms with Crippen LogP contribution in [-0.4, -0.2) is 18.6 Å². The number of pyridine rings is 1. The van der Waals surface area contributed by atoms with Crippen molar-refractivity contribution in [1.82, 2.24) is 10.3 Å². The molecule has 0 atom stereocenters. The normalized spacial score (nSPS) is 10.6. The summed E-state index contributed by atoms with van der Waals surface area (Å²) in [5.41, 5.74) is 1.07. The molecule has 2 rings (SSSR count). The largest absolute Gasteiger partial charge is 0.481 e. The van der Waals surface area contributed by atoms with E-state index in [1.54, 1.807) is 24.6 Å². The summed E-state index contributed by atoms with van der Waals surface area (Å²) < 4.78 is 6.04. The fourth-order valence-electron chi connectivity index (χ4n) is 1.66. The van der Waals surface area contributed by atoms with E-state index < -0.39 is 0 Å². The van der Waals surface area contributed by atoms with Crippen molar-refractivity contribution in [3.05, 3.63) is 45.2 Å². The number of thiophene rings is 1. The van der Waals surface area contributed by atoms with Gasteiger partial charge < -0.3 is 10.1 Å². The van der Waals surface area contributed by atoms with E-state index in [2.05, 4.69) is 16.4 Å². The maximum atomic E-state index is 5.88. The van der Waals surface area contributed by atoms with Crippen LogP contribution >= 0.6 is 22.9 Å². The maximum Gasteiger partial charge on any atom is 0.217 e. The number of nitrogens with zero attached hydrogens (tertiary/aromatic N) is 1. The minimum Gasteiger partial charge on any atom is -0.481 e. The van der Waals surface area contributed by atoms with Crippen LogP contribution in [0.5, 0.6) is 5.88 Å². The molecule has 2 aromatic rings. The van der Waals surface area contributed by atoms with Crippen LogP contribution in [0.15, 0.2) is 30.5 Å². The van der Waals surface area contributed by atoms with Crippen molar-refractivity contribution in [1.29, 1.82) is 0 Å². The Morgan fingerprint density at radius 2 is 2.28 bits per heavy atom. The highest BCUT2D eigenvalue weighted by atomic mass is 35.5. The Bertz CT molecular complexity index is 501. The van der Waals surface area contributed by atoms with Crippen molar-refractivity contribution in [3.8, 4) is 5.88 Å². The molecule has 0 aliphatic carbocycles. The maximum absolute atomic E-state index is 5.88. The summed E-state index contributed by atoms with van der Waals surface area (Å²) in [7, 11) is 1.64. The molecular weight excluding hydrogens is 268 g/mol. The Labute approximate surface area is 116 Å². The van der Waals surface area contributed by atoms with Crippen molar-refractivity contribution < 1.29 is 4.74 Å². The van der Waals surface area contributed by atoms with Gasteiger partial charge in [-0.1, -0.05) is 17.7 Å². The molecular formula is C13H15ClN2OS. The van der Waals surface area contributed by atoms with Crippen LogP contribution in [0.2, 0.25) is 4.34 Å². The van der Waals surface area contributed by atoms with Crippen LogP contribution < -0.4 is 10.1 Å². The Morgan fingerprint density at radius 3 is 3.00 bits per heavy atom. The van der Waals surface area contributed by atoms with Gasteiger partial charge in [0.15, 0.2) is 0 Å².